The van der Waals surface area contributed by atoms with Gasteiger partial charge in [0.15, 0.2) is 0 Å². The van der Waals surface area contributed by atoms with Crippen LogP contribution >= 0.6 is 7.60 Å². The number of esters is 1. The van der Waals surface area contributed by atoms with Crippen LogP contribution in [0.5, 0.6) is 0 Å². The largest absolute Gasteiger partial charge is 0.460 e. The maximum atomic E-state index is 13.0. The van der Waals surface area contributed by atoms with Crippen LogP contribution in [0.3, 0.4) is 0 Å². The molecule has 34 heavy (non-hydrogen) atoms. The van der Waals surface area contributed by atoms with Gasteiger partial charge in [0, 0.05) is 26.3 Å². The molecule has 4 aromatic rings. The molecule has 0 radical (unpaired) electrons. The fourth-order valence-corrected chi connectivity index (χ4v) is 5.08. The van der Waals surface area contributed by atoms with Crippen molar-refractivity contribution in [3.05, 3.63) is 84.2 Å². The summed E-state index contributed by atoms with van der Waals surface area (Å²) in [7, 11) is -0.947. The minimum atomic E-state index is -3.53. The Bertz CT molecular complexity index is 1340. The fourth-order valence-electron chi connectivity index (χ4n) is 3.74. The third-order valence-corrected chi connectivity index (χ3v) is 7.67. The lowest BCUT2D eigenvalue weighted by Gasteiger charge is -2.25. The maximum Gasteiger partial charge on any atom is 0.330 e. The van der Waals surface area contributed by atoms with Gasteiger partial charge in [-0.05, 0) is 28.5 Å². The van der Waals surface area contributed by atoms with Crippen molar-refractivity contribution in [3.63, 3.8) is 0 Å². The predicted octanol–water partition coefficient (Wildman–Crippen LogP) is 4.42. The smallest absolute Gasteiger partial charge is 0.330 e. The number of nitrogens with two attached hydrogens (primary N) is 1. The second kappa shape index (κ2) is 10.4. The Hall–Kier alpha value is -3.16. The number of nitrogens with zero attached hydrogens (tertiary/aromatic N) is 2. The third-order valence-electron chi connectivity index (χ3n) is 5.71. The summed E-state index contributed by atoms with van der Waals surface area (Å²) in [4.78, 5) is 22.1. The Morgan fingerprint density at radius 1 is 0.971 bits per heavy atom. The zero-order chi connectivity index (χ0) is 24.1. The van der Waals surface area contributed by atoms with Crippen LogP contribution in [0.25, 0.3) is 21.8 Å². The Morgan fingerprint density at radius 3 is 2.24 bits per heavy atom. The second-order valence-corrected chi connectivity index (χ2v) is 10.2. The van der Waals surface area contributed by atoms with Crippen LogP contribution in [0.4, 0.5) is 0 Å². The first kappa shape index (κ1) is 24.0. The van der Waals surface area contributed by atoms with Crippen molar-refractivity contribution < 1.29 is 23.1 Å². The zero-order valence-electron chi connectivity index (χ0n) is 19.0. The SMILES string of the molecule is COP(=O)(CC(c1cnc2cc3ccccc3cc2n1)C(N)C(=O)OCc1ccccc1)OC. The molecule has 8 nitrogen and oxygen atoms in total. The Balaban J connectivity index is 1.67. The van der Waals surface area contributed by atoms with Gasteiger partial charge < -0.3 is 19.5 Å². The quantitative estimate of drug-likeness (QED) is 0.213. The Labute approximate surface area is 197 Å². The number of fused-ring (bicyclic) bond motifs is 2. The average Bonchev–Trinajstić information content (AvgIpc) is 2.89. The van der Waals surface area contributed by atoms with Crippen molar-refractivity contribution in [3.8, 4) is 0 Å². The molecule has 1 aromatic heterocycles. The normalized spacial score (nSPS) is 13.6. The monoisotopic (exact) mass is 479 g/mol. The zero-order valence-corrected chi connectivity index (χ0v) is 19.9. The predicted molar refractivity (Wildman–Crippen MR) is 130 cm³/mol. The van der Waals surface area contributed by atoms with Gasteiger partial charge in [-0.25, -0.2) is 4.98 Å². The molecule has 1 heterocycles. The highest BCUT2D eigenvalue weighted by molar-refractivity contribution is 7.53. The van der Waals surface area contributed by atoms with Crippen LogP contribution in [0, 0.1) is 0 Å². The molecule has 0 saturated heterocycles. The van der Waals surface area contributed by atoms with E-state index in [0.29, 0.717) is 16.7 Å². The van der Waals surface area contributed by atoms with E-state index in [9.17, 15) is 9.36 Å². The number of aromatic nitrogens is 2. The molecule has 2 N–H and O–H groups in total. The summed E-state index contributed by atoms with van der Waals surface area (Å²) >= 11 is 0. The summed E-state index contributed by atoms with van der Waals surface area (Å²) in [6.45, 7) is 0.0711. The number of rotatable bonds is 9. The van der Waals surface area contributed by atoms with Gasteiger partial charge in [-0.15, -0.1) is 0 Å². The van der Waals surface area contributed by atoms with Crippen molar-refractivity contribution in [1.29, 1.82) is 0 Å². The third kappa shape index (κ3) is 5.32. The van der Waals surface area contributed by atoms with Gasteiger partial charge in [-0.3, -0.25) is 14.3 Å². The summed E-state index contributed by atoms with van der Waals surface area (Å²) in [5.74, 6) is -1.45. The van der Waals surface area contributed by atoms with Gasteiger partial charge in [0.25, 0.3) is 0 Å². The standard InChI is InChI=1S/C25H26N3O5P/c1-31-34(30,32-2)16-20(24(26)25(29)33-15-17-8-4-3-5-9-17)23-14-27-21-12-18-10-6-7-11-19(18)13-22(21)28-23/h3-14,20,24H,15-16,26H2,1-2H3. The topological polar surface area (TPSA) is 114 Å². The maximum absolute atomic E-state index is 13.0. The number of ether oxygens (including phenoxy) is 1. The molecular formula is C25H26N3O5P. The molecular weight excluding hydrogens is 453 g/mol. The number of hydrogen-bond acceptors (Lipinski definition) is 8. The van der Waals surface area contributed by atoms with Crippen molar-refractivity contribution in [2.24, 2.45) is 5.73 Å². The lowest BCUT2D eigenvalue weighted by Crippen LogP contribution is -2.40. The van der Waals surface area contributed by atoms with E-state index in [1.807, 2.05) is 66.7 Å². The molecule has 176 valence electrons. The minimum absolute atomic E-state index is 0.0711. The highest BCUT2D eigenvalue weighted by Gasteiger charge is 2.36. The average molecular weight is 479 g/mol. The van der Waals surface area contributed by atoms with Crippen LogP contribution in [0.1, 0.15) is 17.2 Å². The molecule has 2 atom stereocenters. The van der Waals surface area contributed by atoms with Crippen molar-refractivity contribution >= 4 is 35.4 Å². The lowest BCUT2D eigenvalue weighted by molar-refractivity contribution is -0.147. The van der Waals surface area contributed by atoms with E-state index in [4.69, 9.17) is 24.5 Å². The van der Waals surface area contributed by atoms with Gasteiger partial charge in [-0.1, -0.05) is 54.6 Å². The van der Waals surface area contributed by atoms with E-state index in [1.54, 1.807) is 6.20 Å². The van der Waals surface area contributed by atoms with Gasteiger partial charge in [0.2, 0.25) is 0 Å². The van der Waals surface area contributed by atoms with E-state index >= 15 is 0 Å². The Morgan fingerprint density at radius 2 is 1.59 bits per heavy atom. The van der Waals surface area contributed by atoms with Crippen LogP contribution < -0.4 is 5.73 Å². The molecule has 0 aliphatic carbocycles. The number of benzene rings is 3. The molecule has 0 amide bonds. The van der Waals surface area contributed by atoms with Crippen LogP contribution in [-0.4, -0.2) is 42.4 Å². The van der Waals surface area contributed by atoms with E-state index in [2.05, 4.69) is 4.98 Å². The Kier molecular flexibility index (Phi) is 7.34. The van der Waals surface area contributed by atoms with Gasteiger partial charge in [-0.2, -0.15) is 0 Å². The highest BCUT2D eigenvalue weighted by atomic mass is 31.2. The van der Waals surface area contributed by atoms with Crippen LogP contribution in [0.2, 0.25) is 0 Å². The van der Waals surface area contributed by atoms with E-state index < -0.39 is 25.5 Å². The molecule has 0 aliphatic heterocycles. The minimum Gasteiger partial charge on any atom is -0.460 e. The summed E-state index contributed by atoms with van der Waals surface area (Å²) < 4.78 is 28.7. The summed E-state index contributed by atoms with van der Waals surface area (Å²) in [6, 6.07) is 19.9. The lowest BCUT2D eigenvalue weighted by atomic mass is 9.98. The van der Waals surface area contributed by atoms with Crippen molar-refractivity contribution in [2.75, 3.05) is 20.4 Å². The number of carbonyl (C=O) groups excluding carboxylic acids is 1. The highest BCUT2D eigenvalue weighted by Crippen LogP contribution is 2.50. The van der Waals surface area contributed by atoms with Gasteiger partial charge in [0.1, 0.15) is 12.6 Å². The van der Waals surface area contributed by atoms with Gasteiger partial charge >= 0.3 is 13.6 Å². The molecule has 3 aromatic carbocycles. The molecule has 4 rings (SSSR count). The number of hydrogen-bond donors (Lipinski definition) is 1. The number of carbonyl (C=O) groups is 1. The molecule has 0 aliphatic rings. The molecule has 0 spiro atoms. The van der Waals surface area contributed by atoms with Crippen LogP contribution in [0.15, 0.2) is 72.9 Å². The molecule has 9 heteroatoms. The van der Waals surface area contributed by atoms with E-state index in [0.717, 1.165) is 16.3 Å². The van der Waals surface area contributed by atoms with E-state index in [-0.39, 0.29) is 12.8 Å². The first-order valence-corrected chi connectivity index (χ1v) is 12.5. The second-order valence-electron chi connectivity index (χ2n) is 7.87. The van der Waals surface area contributed by atoms with Gasteiger partial charge in [0.05, 0.1) is 22.9 Å². The first-order chi connectivity index (χ1) is 16.4. The molecule has 2 unspecified atom stereocenters. The summed E-state index contributed by atoms with van der Waals surface area (Å²) in [5, 5.41) is 2.04. The first-order valence-electron chi connectivity index (χ1n) is 10.7. The van der Waals surface area contributed by atoms with Crippen molar-refractivity contribution in [1.82, 2.24) is 9.97 Å². The fraction of sp³-hybridized carbons (Fsp3) is 0.240. The van der Waals surface area contributed by atoms with E-state index in [1.165, 1.54) is 14.2 Å². The van der Waals surface area contributed by atoms with Crippen molar-refractivity contribution in [2.45, 2.75) is 18.6 Å². The summed E-state index contributed by atoms with van der Waals surface area (Å²) in [5.41, 5.74) is 8.90. The van der Waals surface area contributed by atoms with Crippen LogP contribution in [-0.2, 0) is 29.8 Å². The molecule has 0 fully saturated rings. The molecule has 0 bridgehead atoms. The summed E-state index contributed by atoms with van der Waals surface area (Å²) in [6.07, 6.45) is 1.39. The molecule has 0 saturated carbocycles.